The maximum Gasteiger partial charge on any atom is 0.328 e. The monoisotopic (exact) mass is 248 g/mol. The van der Waals surface area contributed by atoms with E-state index < -0.39 is 5.97 Å². The summed E-state index contributed by atoms with van der Waals surface area (Å²) in [6.07, 6.45) is 4.14. The summed E-state index contributed by atoms with van der Waals surface area (Å²) in [5.41, 5.74) is 2.38. The number of benzene rings is 1. The van der Waals surface area contributed by atoms with E-state index >= 15 is 0 Å². The zero-order valence-corrected chi connectivity index (χ0v) is 9.48. The van der Waals surface area contributed by atoms with Gasteiger partial charge in [-0.2, -0.15) is 5.10 Å². The van der Waals surface area contributed by atoms with Gasteiger partial charge in [-0.15, -0.1) is 0 Å². The lowest BCUT2D eigenvalue weighted by Crippen LogP contribution is -1.86. The van der Waals surface area contributed by atoms with E-state index in [1.165, 1.54) is 6.08 Å². The number of carbonyl (C=O) groups is 1. The van der Waals surface area contributed by atoms with E-state index in [0.29, 0.717) is 5.02 Å². The first-order chi connectivity index (χ1) is 8.16. The van der Waals surface area contributed by atoms with Gasteiger partial charge >= 0.3 is 5.97 Å². The van der Waals surface area contributed by atoms with E-state index in [2.05, 4.69) is 10.2 Å². The van der Waals surface area contributed by atoms with Gasteiger partial charge in [-0.3, -0.25) is 5.10 Å². The van der Waals surface area contributed by atoms with Crippen LogP contribution in [0.1, 0.15) is 5.56 Å². The summed E-state index contributed by atoms with van der Waals surface area (Å²) >= 11 is 5.80. The minimum absolute atomic E-state index is 0.649. The lowest BCUT2D eigenvalue weighted by Gasteiger charge is -1.99. The van der Waals surface area contributed by atoms with Crippen LogP contribution >= 0.6 is 11.6 Å². The number of aromatic nitrogens is 2. The van der Waals surface area contributed by atoms with Crippen LogP contribution in [-0.4, -0.2) is 21.3 Å². The van der Waals surface area contributed by atoms with Gasteiger partial charge in [0.05, 0.1) is 11.9 Å². The first-order valence-corrected chi connectivity index (χ1v) is 5.25. The molecule has 4 nitrogen and oxygen atoms in total. The van der Waals surface area contributed by atoms with Crippen molar-refractivity contribution in [1.82, 2.24) is 10.2 Å². The fraction of sp³-hybridized carbons (Fsp3) is 0. The van der Waals surface area contributed by atoms with Gasteiger partial charge in [0.2, 0.25) is 0 Å². The van der Waals surface area contributed by atoms with Crippen molar-refractivity contribution in [2.45, 2.75) is 0 Å². The molecule has 1 aromatic carbocycles. The molecule has 2 aromatic rings. The molecule has 2 N–H and O–H groups in total. The Bertz CT molecular complexity index is 558. The molecule has 2 rings (SSSR count). The Hall–Kier alpha value is -2.07. The fourth-order valence-electron chi connectivity index (χ4n) is 1.43. The Kier molecular flexibility index (Phi) is 3.25. The summed E-state index contributed by atoms with van der Waals surface area (Å²) in [6.45, 7) is 0. The molecular formula is C12H9ClN2O2. The zero-order valence-electron chi connectivity index (χ0n) is 8.72. The van der Waals surface area contributed by atoms with E-state index in [0.717, 1.165) is 22.9 Å². The smallest absolute Gasteiger partial charge is 0.328 e. The largest absolute Gasteiger partial charge is 0.478 e. The Morgan fingerprint density at radius 3 is 2.71 bits per heavy atom. The number of hydrogen-bond acceptors (Lipinski definition) is 2. The second-order valence-electron chi connectivity index (χ2n) is 3.38. The number of rotatable bonds is 3. The van der Waals surface area contributed by atoms with Crippen LogP contribution in [0.25, 0.3) is 17.3 Å². The molecule has 0 bridgehead atoms. The van der Waals surface area contributed by atoms with Gasteiger partial charge < -0.3 is 5.11 Å². The van der Waals surface area contributed by atoms with Crippen molar-refractivity contribution in [3.8, 4) is 11.3 Å². The molecule has 5 heteroatoms. The number of aliphatic carboxylic acids is 1. The van der Waals surface area contributed by atoms with E-state index in [4.69, 9.17) is 16.7 Å². The molecule has 0 amide bonds. The third kappa shape index (κ3) is 2.73. The van der Waals surface area contributed by atoms with Crippen LogP contribution in [0.15, 0.2) is 36.5 Å². The predicted octanol–water partition coefficient (Wildman–Crippen LogP) is 2.83. The third-order valence-electron chi connectivity index (χ3n) is 2.21. The van der Waals surface area contributed by atoms with Gasteiger partial charge in [-0.05, 0) is 18.2 Å². The summed E-state index contributed by atoms with van der Waals surface area (Å²) in [6, 6.07) is 7.22. The van der Waals surface area contributed by atoms with Gasteiger partial charge in [-0.1, -0.05) is 23.7 Å². The number of halogens is 1. The van der Waals surface area contributed by atoms with Crippen molar-refractivity contribution in [3.05, 3.63) is 47.1 Å². The SMILES string of the molecule is O=C(O)/C=C/c1cn[nH]c1-c1ccc(Cl)cc1. The zero-order chi connectivity index (χ0) is 12.3. The Morgan fingerprint density at radius 2 is 2.06 bits per heavy atom. The van der Waals surface area contributed by atoms with E-state index in [9.17, 15) is 4.79 Å². The average molecular weight is 249 g/mol. The number of H-pyrrole nitrogens is 1. The standard InChI is InChI=1S/C12H9ClN2O2/c13-10-4-1-8(2-5-10)12-9(7-14-15-12)3-6-11(16)17/h1-7H,(H,14,15)(H,16,17)/b6-3+. The van der Waals surface area contributed by atoms with Crippen molar-refractivity contribution < 1.29 is 9.90 Å². The molecule has 1 aromatic heterocycles. The topological polar surface area (TPSA) is 66.0 Å². The molecule has 0 saturated heterocycles. The molecule has 0 unspecified atom stereocenters. The molecule has 0 radical (unpaired) electrons. The normalized spacial score (nSPS) is 10.9. The fourth-order valence-corrected chi connectivity index (χ4v) is 1.56. The molecule has 86 valence electrons. The summed E-state index contributed by atoms with van der Waals surface area (Å²) < 4.78 is 0. The quantitative estimate of drug-likeness (QED) is 0.821. The first kappa shape index (κ1) is 11.4. The Morgan fingerprint density at radius 1 is 1.35 bits per heavy atom. The van der Waals surface area contributed by atoms with Gasteiger partial charge in [0, 0.05) is 22.2 Å². The number of carboxylic acid groups (broad SMARTS) is 1. The van der Waals surface area contributed by atoms with Gasteiger partial charge in [0.1, 0.15) is 0 Å². The molecule has 0 saturated carbocycles. The summed E-state index contributed by atoms with van der Waals surface area (Å²) in [7, 11) is 0. The lowest BCUT2D eigenvalue weighted by molar-refractivity contribution is -0.131. The molecule has 0 atom stereocenters. The summed E-state index contributed by atoms with van der Waals surface area (Å²) in [5.74, 6) is -0.992. The predicted molar refractivity (Wildman–Crippen MR) is 65.7 cm³/mol. The summed E-state index contributed by atoms with van der Waals surface area (Å²) in [4.78, 5) is 10.5. The van der Waals surface area contributed by atoms with Gasteiger partial charge in [0.15, 0.2) is 0 Å². The molecule has 0 aliphatic rings. The van der Waals surface area contributed by atoms with E-state index in [1.54, 1.807) is 18.3 Å². The van der Waals surface area contributed by atoms with Gasteiger partial charge in [-0.25, -0.2) is 4.79 Å². The molecule has 17 heavy (non-hydrogen) atoms. The lowest BCUT2D eigenvalue weighted by atomic mass is 10.1. The molecule has 1 heterocycles. The second-order valence-corrected chi connectivity index (χ2v) is 3.82. The number of hydrogen-bond donors (Lipinski definition) is 2. The highest BCUT2D eigenvalue weighted by Gasteiger charge is 2.05. The highest BCUT2D eigenvalue weighted by Crippen LogP contribution is 2.23. The highest BCUT2D eigenvalue weighted by atomic mass is 35.5. The van der Waals surface area contributed by atoms with Crippen LogP contribution in [0, 0.1) is 0 Å². The van der Waals surface area contributed by atoms with Crippen molar-refractivity contribution in [2.75, 3.05) is 0 Å². The number of aromatic amines is 1. The van der Waals surface area contributed by atoms with Crippen molar-refractivity contribution >= 4 is 23.6 Å². The number of nitrogens with zero attached hydrogens (tertiary/aromatic N) is 1. The van der Waals surface area contributed by atoms with Crippen molar-refractivity contribution in [3.63, 3.8) is 0 Å². The number of nitrogens with one attached hydrogen (secondary N) is 1. The Balaban J connectivity index is 2.36. The number of carboxylic acids is 1. The maximum atomic E-state index is 10.5. The summed E-state index contributed by atoms with van der Waals surface area (Å²) in [5, 5.41) is 15.9. The van der Waals surface area contributed by atoms with E-state index in [1.807, 2.05) is 12.1 Å². The van der Waals surface area contributed by atoms with Crippen LogP contribution in [0.3, 0.4) is 0 Å². The minimum Gasteiger partial charge on any atom is -0.478 e. The Labute approximate surface area is 103 Å². The van der Waals surface area contributed by atoms with Crippen molar-refractivity contribution in [2.24, 2.45) is 0 Å². The third-order valence-corrected chi connectivity index (χ3v) is 2.46. The minimum atomic E-state index is -0.992. The molecular weight excluding hydrogens is 240 g/mol. The van der Waals surface area contributed by atoms with Crippen LogP contribution in [0.5, 0.6) is 0 Å². The molecule has 0 aliphatic heterocycles. The van der Waals surface area contributed by atoms with Gasteiger partial charge in [0.25, 0.3) is 0 Å². The first-order valence-electron chi connectivity index (χ1n) is 4.87. The maximum absolute atomic E-state index is 10.5. The van der Waals surface area contributed by atoms with Crippen LogP contribution < -0.4 is 0 Å². The van der Waals surface area contributed by atoms with Crippen LogP contribution in [0.2, 0.25) is 5.02 Å². The average Bonchev–Trinajstić information content (AvgIpc) is 2.75. The van der Waals surface area contributed by atoms with Crippen molar-refractivity contribution in [1.29, 1.82) is 0 Å². The molecule has 0 aliphatic carbocycles. The van der Waals surface area contributed by atoms with Crippen LogP contribution in [0.4, 0.5) is 0 Å². The molecule has 0 fully saturated rings. The highest BCUT2D eigenvalue weighted by molar-refractivity contribution is 6.30. The molecule has 0 spiro atoms. The van der Waals surface area contributed by atoms with Crippen LogP contribution in [-0.2, 0) is 4.79 Å². The second kappa shape index (κ2) is 4.84. The van der Waals surface area contributed by atoms with E-state index in [-0.39, 0.29) is 0 Å².